The van der Waals surface area contributed by atoms with E-state index in [-0.39, 0.29) is 5.57 Å². The summed E-state index contributed by atoms with van der Waals surface area (Å²) in [6.07, 6.45) is 21.1. The van der Waals surface area contributed by atoms with Crippen LogP contribution in [0.15, 0.2) is 36.4 Å². The number of hydrogen-bond donors (Lipinski definition) is 0. The Hall–Kier alpha value is -3.01. The van der Waals surface area contributed by atoms with Gasteiger partial charge in [0.15, 0.2) is 5.57 Å². The van der Waals surface area contributed by atoms with Gasteiger partial charge < -0.3 is 4.74 Å². The van der Waals surface area contributed by atoms with Crippen LogP contribution in [0.4, 0.5) is 0 Å². The van der Waals surface area contributed by atoms with Crippen molar-refractivity contribution < 1.29 is 9.53 Å². The van der Waals surface area contributed by atoms with Crippen LogP contribution in [0.5, 0.6) is 0 Å². The average molecular weight is 787 g/mol. The first-order chi connectivity index (χ1) is 26.0. The molecular formula is C45H58N2O2S4. The summed E-state index contributed by atoms with van der Waals surface area (Å²) < 4.78 is 14.8. The molecule has 0 bridgehead atoms. The molecule has 53 heavy (non-hydrogen) atoms. The number of ether oxygens (including phenoxy) is 1. The minimum Gasteiger partial charge on any atom is -0.462 e. The quantitative estimate of drug-likeness (QED) is 0.0623. The number of hydrogen-bond acceptors (Lipinski definition) is 8. The number of aryl methyl sites for hydroxylation is 2. The van der Waals surface area contributed by atoms with E-state index in [0.29, 0.717) is 11.1 Å². The lowest BCUT2D eigenvalue weighted by Gasteiger charge is -2.02. The Labute approximate surface area is 332 Å². The Morgan fingerprint density at radius 2 is 1.04 bits per heavy atom. The van der Waals surface area contributed by atoms with Crippen molar-refractivity contribution in [1.82, 2.24) is 0 Å². The molecule has 8 heteroatoms. The Kier molecular flexibility index (Phi) is 19.1. The lowest BCUT2D eigenvalue weighted by Crippen LogP contribution is -2.13. The van der Waals surface area contributed by atoms with E-state index >= 15 is 0 Å². The molecule has 0 atom stereocenters. The lowest BCUT2D eigenvalue weighted by molar-refractivity contribution is -0.136. The number of thiophene rings is 4. The highest BCUT2D eigenvalue weighted by molar-refractivity contribution is 7.14. The van der Waals surface area contributed by atoms with Crippen LogP contribution in [0.3, 0.4) is 0 Å². The van der Waals surface area contributed by atoms with Gasteiger partial charge in [0.05, 0.1) is 17.2 Å². The highest BCUT2D eigenvalue weighted by atomic mass is 32.1. The maximum absolute atomic E-state index is 13.0. The minimum absolute atomic E-state index is 0.116. The summed E-state index contributed by atoms with van der Waals surface area (Å²) >= 11 is 6.98. The predicted molar refractivity (Wildman–Crippen MR) is 227 cm³/mol. The van der Waals surface area contributed by atoms with Crippen molar-refractivity contribution >= 4 is 62.5 Å². The zero-order valence-corrected chi connectivity index (χ0v) is 35.7. The van der Waals surface area contributed by atoms with Gasteiger partial charge in [-0.25, -0.2) is 4.79 Å². The van der Waals surface area contributed by atoms with Crippen LogP contribution in [-0.2, 0) is 22.4 Å². The Balaban J connectivity index is 1.84. The number of nitrogens with zero attached hydrogens (tertiary/aromatic N) is 2. The van der Waals surface area contributed by atoms with Crippen LogP contribution in [0.1, 0.15) is 148 Å². The van der Waals surface area contributed by atoms with E-state index in [1.165, 1.54) is 98.0 Å². The smallest absolute Gasteiger partial charge is 0.350 e. The standard InChI is InChI=1S/C45H58N2O2S4/c1-5-9-13-17-21-33-29-41(35(31-46)23-19-15-11-7-3)52-43(33)39-26-24-37(50-39)38-25-27-40(51-38)44-34(22-18-14-10-6-2)30-42(53-44)36(32-47)45(48)49-28-20-16-12-8-4/h24-27,29-30H,5-23,28H2,1-4H3/b38-37+,41-35-,42-36+,43-39+,44-40+. The van der Waals surface area contributed by atoms with Crippen molar-refractivity contribution in [1.29, 1.82) is 10.5 Å². The van der Waals surface area contributed by atoms with Gasteiger partial charge in [-0.1, -0.05) is 105 Å². The first-order valence-corrected chi connectivity index (χ1v) is 23.4. The maximum Gasteiger partial charge on any atom is 0.350 e. The molecule has 0 unspecified atom stereocenters. The molecule has 0 aliphatic rings. The fourth-order valence-corrected chi connectivity index (χ4v) is 11.3. The SMILES string of the molecule is CCCCCCOC(=O)/C(C#N)=c1\cc(CCCCCC)/c(=c2/cc/c(=c3/cc/c(=c4\s/c(=C(\C#N)CCCCCC)cc4CCCCCC)s3)s2)s1. The zero-order chi connectivity index (χ0) is 37.8. The average Bonchev–Trinajstić information content (AvgIpc) is 3.99. The van der Waals surface area contributed by atoms with Crippen LogP contribution in [0, 0.1) is 49.9 Å². The number of esters is 1. The predicted octanol–water partition coefficient (Wildman–Crippen LogP) is 12.5. The third kappa shape index (κ3) is 12.8. The molecule has 4 aromatic heterocycles. The third-order valence-electron chi connectivity index (χ3n) is 9.63. The van der Waals surface area contributed by atoms with E-state index in [1.807, 2.05) is 11.3 Å². The second kappa shape index (κ2) is 23.7. The number of unbranched alkanes of at least 4 members (excludes halogenated alkanes) is 12. The Bertz CT molecular complexity index is 2240. The lowest BCUT2D eigenvalue weighted by atomic mass is 10.1. The molecule has 0 N–H and O–H groups in total. The van der Waals surface area contributed by atoms with Crippen molar-refractivity contribution in [3.63, 3.8) is 0 Å². The number of carbonyl (C=O) groups is 1. The van der Waals surface area contributed by atoms with Crippen LogP contribution < -0.4 is 9.06 Å². The largest absolute Gasteiger partial charge is 0.462 e. The van der Waals surface area contributed by atoms with Gasteiger partial charge in [0.1, 0.15) is 6.07 Å². The molecule has 0 fully saturated rings. The number of nitriles is 2. The fraction of sp³-hybridized carbons (Fsp3) is 0.533. The molecule has 4 aromatic rings. The van der Waals surface area contributed by atoms with Gasteiger partial charge >= 0.3 is 5.97 Å². The van der Waals surface area contributed by atoms with Gasteiger partial charge in [0, 0.05) is 37.3 Å². The third-order valence-corrected chi connectivity index (χ3v) is 14.8. The molecule has 0 radical (unpaired) electrons. The summed E-state index contributed by atoms with van der Waals surface area (Å²) in [5.74, 6) is -0.509. The van der Waals surface area contributed by atoms with Gasteiger partial charge in [-0.3, -0.25) is 0 Å². The molecule has 0 saturated carbocycles. The second-order valence-corrected chi connectivity index (χ2v) is 18.2. The molecule has 0 saturated heterocycles. The molecule has 4 rings (SSSR count). The van der Waals surface area contributed by atoms with E-state index in [1.54, 1.807) is 34.0 Å². The van der Waals surface area contributed by atoms with Crippen LogP contribution in [-0.4, -0.2) is 12.6 Å². The number of carbonyl (C=O) groups excluding carboxylic acids is 1. The summed E-state index contributed by atoms with van der Waals surface area (Å²) in [6, 6.07) is 18.1. The molecule has 4 heterocycles. The highest BCUT2D eigenvalue weighted by Gasteiger charge is 2.14. The van der Waals surface area contributed by atoms with E-state index in [9.17, 15) is 15.3 Å². The molecule has 0 amide bonds. The van der Waals surface area contributed by atoms with Crippen molar-refractivity contribution in [2.24, 2.45) is 0 Å². The number of rotatable bonds is 21. The Morgan fingerprint density at radius 1 is 0.566 bits per heavy atom. The summed E-state index contributed by atoms with van der Waals surface area (Å²) in [5, 5.41) is 20.2. The Morgan fingerprint density at radius 3 is 1.55 bits per heavy atom. The van der Waals surface area contributed by atoms with E-state index in [4.69, 9.17) is 4.74 Å². The fourth-order valence-electron chi connectivity index (χ4n) is 6.52. The topological polar surface area (TPSA) is 73.9 Å². The van der Waals surface area contributed by atoms with Crippen LogP contribution in [0.2, 0.25) is 0 Å². The van der Waals surface area contributed by atoms with Crippen molar-refractivity contribution in [3.05, 3.63) is 83.8 Å². The molecule has 0 aromatic carbocycles. The summed E-state index contributed by atoms with van der Waals surface area (Å²) in [4.78, 5) is 13.0. The summed E-state index contributed by atoms with van der Waals surface area (Å²) in [7, 11) is 0. The van der Waals surface area contributed by atoms with Gasteiger partial charge in [0.25, 0.3) is 0 Å². The molecule has 0 spiro atoms. The molecular weight excluding hydrogens is 729 g/mol. The van der Waals surface area contributed by atoms with Crippen molar-refractivity contribution in [3.8, 4) is 12.1 Å². The molecule has 0 aliphatic heterocycles. The van der Waals surface area contributed by atoms with Gasteiger partial charge in [0.2, 0.25) is 0 Å². The zero-order valence-electron chi connectivity index (χ0n) is 32.5. The van der Waals surface area contributed by atoms with Crippen LogP contribution >= 0.6 is 45.3 Å². The van der Waals surface area contributed by atoms with Crippen LogP contribution in [0.25, 0.3) is 11.1 Å². The monoisotopic (exact) mass is 786 g/mol. The second-order valence-electron chi connectivity index (χ2n) is 14.0. The van der Waals surface area contributed by atoms with E-state index in [0.717, 1.165) is 72.4 Å². The molecule has 0 aliphatic carbocycles. The maximum atomic E-state index is 13.0. The molecule has 4 nitrogen and oxygen atoms in total. The van der Waals surface area contributed by atoms with Gasteiger partial charge in [-0.15, -0.1) is 45.3 Å². The first-order valence-electron chi connectivity index (χ1n) is 20.1. The summed E-state index contributed by atoms with van der Waals surface area (Å²) in [6.45, 7) is 9.22. The van der Waals surface area contributed by atoms with E-state index in [2.05, 4.69) is 76.2 Å². The van der Waals surface area contributed by atoms with Gasteiger partial charge in [-0.05, 0) is 92.5 Å². The van der Waals surface area contributed by atoms with Crippen molar-refractivity contribution in [2.75, 3.05) is 6.61 Å². The van der Waals surface area contributed by atoms with Gasteiger partial charge in [-0.2, -0.15) is 10.5 Å². The normalized spacial score (nSPS) is 14.5. The van der Waals surface area contributed by atoms with E-state index < -0.39 is 5.97 Å². The molecule has 284 valence electrons. The first kappa shape index (κ1) is 42.7. The highest BCUT2D eigenvalue weighted by Crippen LogP contribution is 2.22. The van der Waals surface area contributed by atoms with Crippen molar-refractivity contribution in [2.45, 2.75) is 150 Å². The minimum atomic E-state index is -0.509. The summed E-state index contributed by atoms with van der Waals surface area (Å²) in [5.41, 5.74) is 3.64.